The number of aliphatic imine (C=N–C) groups is 1. The number of anilines is 1. The van der Waals surface area contributed by atoms with Crippen molar-refractivity contribution in [3.05, 3.63) is 66.2 Å². The van der Waals surface area contributed by atoms with Crippen LogP contribution < -0.4 is 10.6 Å². The van der Waals surface area contributed by atoms with Crippen molar-refractivity contribution < 1.29 is 15.0 Å². The Hall–Kier alpha value is -3.28. The Morgan fingerprint density at radius 2 is 1.74 bits per heavy atom. The quantitative estimate of drug-likeness (QED) is 0.354. The molecule has 0 saturated carbocycles. The van der Waals surface area contributed by atoms with Crippen molar-refractivity contribution in [2.45, 2.75) is 50.5 Å². The van der Waals surface area contributed by atoms with Gasteiger partial charge in [-0.3, -0.25) is 9.89 Å². The third-order valence-corrected chi connectivity index (χ3v) is 5.79. The number of urea groups is 1. The van der Waals surface area contributed by atoms with E-state index >= 15 is 0 Å². The number of primary amides is 1. The maximum absolute atomic E-state index is 11.8. The Labute approximate surface area is 183 Å². The lowest BCUT2D eigenvalue weighted by Crippen LogP contribution is -2.36. The molecule has 0 bridgehead atoms. The second kappa shape index (κ2) is 10.7. The molecular weight excluding hydrogens is 390 g/mol. The summed E-state index contributed by atoms with van der Waals surface area (Å²) < 4.78 is 0. The Morgan fingerprint density at radius 3 is 2.42 bits per heavy atom. The summed E-state index contributed by atoms with van der Waals surface area (Å²) >= 11 is 0. The molecule has 0 spiro atoms. The van der Waals surface area contributed by atoms with Crippen molar-refractivity contribution in [3.8, 4) is 11.5 Å². The largest absolute Gasteiger partial charge is 0.504 e. The third-order valence-electron chi connectivity index (χ3n) is 5.79. The van der Waals surface area contributed by atoms with E-state index in [-0.39, 0.29) is 17.0 Å². The summed E-state index contributed by atoms with van der Waals surface area (Å²) in [5.74, 6) is -0.183. The Morgan fingerprint density at radius 1 is 0.968 bits per heavy atom. The van der Waals surface area contributed by atoms with Gasteiger partial charge in [0.05, 0.1) is 5.54 Å². The van der Waals surface area contributed by atoms with E-state index in [0.29, 0.717) is 6.54 Å². The van der Waals surface area contributed by atoms with Crippen LogP contribution in [-0.2, 0) is 6.42 Å². The molecule has 0 fully saturated rings. The van der Waals surface area contributed by atoms with Crippen LogP contribution in [0.2, 0.25) is 0 Å². The van der Waals surface area contributed by atoms with Gasteiger partial charge in [-0.15, -0.1) is 0 Å². The molecule has 6 heteroatoms. The number of amides is 2. The van der Waals surface area contributed by atoms with Gasteiger partial charge in [0.15, 0.2) is 11.5 Å². The van der Waals surface area contributed by atoms with Crippen molar-refractivity contribution in [2.75, 3.05) is 11.4 Å². The first kappa shape index (κ1) is 22.4. The number of carbonyl (C=O) groups is 1. The van der Waals surface area contributed by atoms with Crippen molar-refractivity contribution in [3.63, 3.8) is 0 Å². The summed E-state index contributed by atoms with van der Waals surface area (Å²) in [6.07, 6.45) is 12.6. The van der Waals surface area contributed by atoms with Crippen LogP contribution in [0.3, 0.4) is 0 Å². The number of phenols is 2. The van der Waals surface area contributed by atoms with Crippen molar-refractivity contribution in [1.82, 2.24) is 0 Å². The van der Waals surface area contributed by atoms with Crippen LogP contribution in [0.1, 0.15) is 44.1 Å². The lowest BCUT2D eigenvalue weighted by molar-refractivity contribution is 0.253. The molecule has 0 aromatic heterocycles. The number of para-hydroxylation sites is 1. The topological polar surface area (TPSA) is 99.2 Å². The molecule has 31 heavy (non-hydrogen) atoms. The fraction of sp³-hybridized carbons (Fsp3) is 0.360. The zero-order chi connectivity index (χ0) is 22.1. The van der Waals surface area contributed by atoms with E-state index < -0.39 is 6.03 Å². The van der Waals surface area contributed by atoms with E-state index in [2.05, 4.69) is 6.08 Å². The highest BCUT2D eigenvalue weighted by Gasteiger charge is 2.27. The summed E-state index contributed by atoms with van der Waals surface area (Å²) in [6.45, 7) is 0.618. The maximum Gasteiger partial charge on any atom is 0.319 e. The van der Waals surface area contributed by atoms with Crippen molar-refractivity contribution in [1.29, 1.82) is 0 Å². The summed E-state index contributed by atoms with van der Waals surface area (Å²) in [5.41, 5.74) is 7.16. The number of aromatic hydroxyl groups is 2. The molecule has 2 amide bonds. The summed E-state index contributed by atoms with van der Waals surface area (Å²) in [5, 5.41) is 19.2. The molecule has 1 aliphatic rings. The van der Waals surface area contributed by atoms with Gasteiger partial charge in [-0.25, -0.2) is 4.79 Å². The van der Waals surface area contributed by atoms with Gasteiger partial charge in [-0.05, 0) is 61.6 Å². The summed E-state index contributed by atoms with van der Waals surface area (Å²) in [6, 6.07) is 14.1. The normalized spacial score (nSPS) is 17.2. The zero-order valence-corrected chi connectivity index (χ0v) is 17.8. The van der Waals surface area contributed by atoms with Crippen LogP contribution in [0.5, 0.6) is 11.5 Å². The number of unbranched alkanes of at least 4 members (excludes halogenated alkanes) is 3. The first-order valence-corrected chi connectivity index (χ1v) is 10.8. The maximum atomic E-state index is 11.8. The molecule has 0 saturated heterocycles. The van der Waals surface area contributed by atoms with E-state index in [1.165, 1.54) is 6.07 Å². The molecule has 4 N–H and O–H groups in total. The zero-order valence-electron chi connectivity index (χ0n) is 17.8. The lowest BCUT2D eigenvalue weighted by Gasteiger charge is -2.25. The van der Waals surface area contributed by atoms with Crippen molar-refractivity contribution in [2.24, 2.45) is 10.7 Å². The minimum absolute atomic E-state index is 0.0856. The highest BCUT2D eigenvalue weighted by molar-refractivity contribution is 5.90. The average molecular weight is 422 g/mol. The van der Waals surface area contributed by atoms with E-state index in [9.17, 15) is 15.0 Å². The minimum atomic E-state index is -0.421. The number of hydrogen-bond acceptors (Lipinski definition) is 4. The molecule has 1 heterocycles. The number of aryl methyl sites for hydroxylation is 1. The number of hydrogen-bond donors (Lipinski definition) is 3. The van der Waals surface area contributed by atoms with Gasteiger partial charge in [0.2, 0.25) is 0 Å². The molecule has 0 radical (unpaired) electrons. The van der Waals surface area contributed by atoms with Gasteiger partial charge in [-0.2, -0.15) is 0 Å². The van der Waals surface area contributed by atoms with Crippen LogP contribution >= 0.6 is 0 Å². The van der Waals surface area contributed by atoms with E-state index in [1.807, 2.05) is 48.7 Å². The molecule has 0 aliphatic carbocycles. The Kier molecular flexibility index (Phi) is 7.70. The highest BCUT2D eigenvalue weighted by atomic mass is 16.3. The van der Waals surface area contributed by atoms with Crippen LogP contribution in [-0.4, -0.2) is 34.5 Å². The average Bonchev–Trinajstić information content (AvgIpc) is 3.23. The predicted molar refractivity (Wildman–Crippen MR) is 125 cm³/mol. The van der Waals surface area contributed by atoms with Crippen LogP contribution in [0, 0.1) is 0 Å². The predicted octanol–water partition coefficient (Wildman–Crippen LogP) is 4.95. The van der Waals surface area contributed by atoms with Crippen LogP contribution in [0.15, 0.2) is 65.7 Å². The molecule has 2 aromatic carbocycles. The standard InChI is InChI=1S/C25H31N3O3/c26-24(31)28(21-9-4-3-5-10-21)18-7-2-1-6-14-25(15-8-17-27-25)16-13-20-11-12-22(29)23(30)19-20/h3-5,8-12,15,17,19,29-30H,1-2,6-7,13-14,16,18H2,(H2,26,31). The van der Waals surface area contributed by atoms with Gasteiger partial charge in [0.1, 0.15) is 0 Å². The fourth-order valence-corrected chi connectivity index (χ4v) is 3.99. The molecule has 2 aromatic rings. The number of benzene rings is 2. The second-order valence-electron chi connectivity index (χ2n) is 8.05. The number of allylic oxidation sites excluding steroid dienone is 1. The first-order chi connectivity index (χ1) is 15.0. The van der Waals surface area contributed by atoms with Gasteiger partial charge in [-0.1, -0.05) is 49.6 Å². The van der Waals surface area contributed by atoms with Crippen LogP contribution in [0.4, 0.5) is 10.5 Å². The Bertz CT molecular complexity index is 913. The number of carbonyl (C=O) groups excluding carboxylic acids is 1. The SMILES string of the molecule is NC(=O)N(CCCCCCC1(CCc2ccc(O)c(O)c2)C=CC=N1)c1ccccc1. The van der Waals surface area contributed by atoms with E-state index in [1.54, 1.807) is 11.0 Å². The monoisotopic (exact) mass is 421 g/mol. The first-order valence-electron chi connectivity index (χ1n) is 10.8. The number of phenolic OH excluding ortho intramolecular Hbond substituents is 2. The molecular formula is C25H31N3O3. The van der Waals surface area contributed by atoms with Gasteiger partial charge >= 0.3 is 6.03 Å². The molecule has 1 atom stereocenters. The highest BCUT2D eigenvalue weighted by Crippen LogP contribution is 2.32. The lowest BCUT2D eigenvalue weighted by atomic mass is 9.87. The Balaban J connectivity index is 1.42. The number of nitrogens with two attached hydrogens (primary N) is 1. The van der Waals surface area contributed by atoms with Crippen molar-refractivity contribution >= 4 is 17.9 Å². The third kappa shape index (κ3) is 6.35. The van der Waals surface area contributed by atoms with Gasteiger partial charge < -0.3 is 15.9 Å². The molecule has 3 rings (SSSR count). The fourth-order valence-electron chi connectivity index (χ4n) is 3.99. The van der Waals surface area contributed by atoms with Gasteiger partial charge in [0, 0.05) is 18.4 Å². The molecule has 6 nitrogen and oxygen atoms in total. The van der Waals surface area contributed by atoms with E-state index in [4.69, 9.17) is 10.7 Å². The summed E-state index contributed by atoms with van der Waals surface area (Å²) in [4.78, 5) is 18.1. The second-order valence-corrected chi connectivity index (χ2v) is 8.05. The smallest absolute Gasteiger partial charge is 0.319 e. The van der Waals surface area contributed by atoms with Crippen LogP contribution in [0.25, 0.3) is 0 Å². The van der Waals surface area contributed by atoms with Gasteiger partial charge in [0.25, 0.3) is 0 Å². The molecule has 164 valence electrons. The molecule has 1 aliphatic heterocycles. The number of nitrogens with zero attached hydrogens (tertiary/aromatic N) is 2. The minimum Gasteiger partial charge on any atom is -0.504 e. The number of rotatable bonds is 11. The molecule has 1 unspecified atom stereocenters. The van der Waals surface area contributed by atoms with E-state index in [0.717, 1.165) is 56.2 Å². The summed E-state index contributed by atoms with van der Waals surface area (Å²) in [7, 11) is 0.